The van der Waals surface area contributed by atoms with E-state index >= 15 is 0 Å². The average molecular weight is 418 g/mol. The molecule has 2 saturated heterocycles. The molecule has 160 valence electrons. The van der Waals surface area contributed by atoms with Crippen LogP contribution in [0.5, 0.6) is 0 Å². The molecule has 7 heteroatoms. The van der Waals surface area contributed by atoms with Crippen LogP contribution in [0.2, 0.25) is 0 Å². The highest BCUT2D eigenvalue weighted by atomic mass is 16.2. The van der Waals surface area contributed by atoms with Gasteiger partial charge in [0.05, 0.1) is 11.9 Å². The number of carbonyl (C=O) groups excluding carboxylic acids is 2. The van der Waals surface area contributed by atoms with Gasteiger partial charge in [0.15, 0.2) is 5.65 Å². The fourth-order valence-electron chi connectivity index (χ4n) is 5.11. The molecular formula is C24H27N5O2. The molecule has 0 aliphatic carbocycles. The average Bonchev–Trinajstić information content (AvgIpc) is 3.40. The van der Waals surface area contributed by atoms with E-state index in [-0.39, 0.29) is 11.8 Å². The Morgan fingerprint density at radius 3 is 2.68 bits per heavy atom. The molecule has 0 N–H and O–H groups in total. The van der Waals surface area contributed by atoms with Crippen LogP contribution in [0.3, 0.4) is 0 Å². The summed E-state index contributed by atoms with van der Waals surface area (Å²) in [4.78, 5) is 39.0. The lowest BCUT2D eigenvalue weighted by Crippen LogP contribution is -2.60. The molecule has 31 heavy (non-hydrogen) atoms. The topological polar surface area (TPSA) is 71.3 Å². The number of imidazole rings is 1. The summed E-state index contributed by atoms with van der Waals surface area (Å²) in [5.41, 5.74) is 2.56. The Bertz CT molecular complexity index is 1130. The summed E-state index contributed by atoms with van der Waals surface area (Å²) in [6, 6.07) is 12.1. The molecule has 5 rings (SSSR count). The zero-order chi connectivity index (χ0) is 21.4. The predicted octanol–water partition coefficient (Wildman–Crippen LogP) is 2.90. The first-order valence-corrected chi connectivity index (χ1v) is 11.0. The third kappa shape index (κ3) is 3.38. The summed E-state index contributed by atoms with van der Waals surface area (Å²) in [5.74, 6) is -0.0433. The van der Waals surface area contributed by atoms with Crippen molar-refractivity contribution in [2.75, 3.05) is 20.1 Å². The van der Waals surface area contributed by atoms with Crippen LogP contribution in [-0.4, -0.2) is 61.8 Å². The van der Waals surface area contributed by atoms with Crippen LogP contribution in [0.25, 0.3) is 11.2 Å². The van der Waals surface area contributed by atoms with Crippen molar-refractivity contribution < 1.29 is 9.59 Å². The molecular weight excluding hydrogens is 390 g/mol. The van der Waals surface area contributed by atoms with Gasteiger partial charge in [-0.1, -0.05) is 30.3 Å². The Morgan fingerprint density at radius 2 is 1.87 bits per heavy atom. The molecule has 7 nitrogen and oxygen atoms in total. The van der Waals surface area contributed by atoms with Crippen molar-refractivity contribution in [3.05, 3.63) is 60.0 Å². The van der Waals surface area contributed by atoms with Crippen molar-refractivity contribution in [2.24, 2.45) is 0 Å². The molecule has 3 aromatic rings. The summed E-state index contributed by atoms with van der Waals surface area (Å²) in [7, 11) is 1.83. The van der Waals surface area contributed by atoms with E-state index in [1.807, 2.05) is 35.9 Å². The number of amides is 2. The molecule has 2 amide bonds. The number of nitrogens with zero attached hydrogens (tertiary/aromatic N) is 5. The van der Waals surface area contributed by atoms with Crippen LogP contribution in [0.1, 0.15) is 41.6 Å². The number of aromatic nitrogens is 3. The van der Waals surface area contributed by atoms with Gasteiger partial charge in [-0.25, -0.2) is 9.97 Å². The SMILES string of the molecule is CN1CCCC2(CCCN2C(=O)c2cnc3c(c2)ncn3CCc2ccccc2)C1=O. The smallest absolute Gasteiger partial charge is 0.256 e. The summed E-state index contributed by atoms with van der Waals surface area (Å²) in [6.07, 6.45) is 7.57. The molecule has 1 spiro atoms. The molecule has 1 unspecified atom stereocenters. The largest absolute Gasteiger partial charge is 0.344 e. The van der Waals surface area contributed by atoms with E-state index < -0.39 is 5.54 Å². The zero-order valence-electron chi connectivity index (χ0n) is 17.8. The Kier molecular flexibility index (Phi) is 4.96. The van der Waals surface area contributed by atoms with E-state index in [0.29, 0.717) is 17.6 Å². The first-order chi connectivity index (χ1) is 15.1. The standard InChI is InChI=1S/C24H27N5O2/c1-27-12-5-10-24(23(27)31)11-6-13-29(24)22(30)19-15-20-21(25-16-19)28(17-26-20)14-9-18-7-3-2-4-8-18/h2-4,7-8,15-17H,5-6,9-14H2,1H3. The number of likely N-dealkylation sites (tertiary alicyclic amines) is 2. The van der Waals surface area contributed by atoms with Crippen LogP contribution in [-0.2, 0) is 17.8 Å². The van der Waals surface area contributed by atoms with Gasteiger partial charge in [-0.3, -0.25) is 9.59 Å². The quantitative estimate of drug-likeness (QED) is 0.654. The second kappa shape index (κ2) is 7.80. The number of carbonyl (C=O) groups is 2. The lowest BCUT2D eigenvalue weighted by molar-refractivity contribution is -0.144. The van der Waals surface area contributed by atoms with E-state index in [0.717, 1.165) is 50.8 Å². The van der Waals surface area contributed by atoms with Crippen LogP contribution >= 0.6 is 0 Å². The molecule has 4 heterocycles. The van der Waals surface area contributed by atoms with Crippen LogP contribution in [0.4, 0.5) is 0 Å². The molecule has 0 saturated carbocycles. The summed E-state index contributed by atoms with van der Waals surface area (Å²) < 4.78 is 2.02. The second-order valence-electron chi connectivity index (χ2n) is 8.66. The number of likely N-dealkylation sites (N-methyl/N-ethyl adjacent to an activating group) is 1. The van der Waals surface area contributed by atoms with Gasteiger partial charge in [0, 0.05) is 32.9 Å². The third-order valence-electron chi connectivity index (χ3n) is 6.75. The van der Waals surface area contributed by atoms with Crippen molar-refractivity contribution in [3.8, 4) is 0 Å². The van der Waals surface area contributed by atoms with Crippen molar-refractivity contribution in [1.29, 1.82) is 0 Å². The van der Waals surface area contributed by atoms with Crippen molar-refractivity contribution >= 4 is 23.0 Å². The van der Waals surface area contributed by atoms with Gasteiger partial charge >= 0.3 is 0 Å². The van der Waals surface area contributed by atoms with E-state index in [1.54, 1.807) is 22.3 Å². The van der Waals surface area contributed by atoms with Gasteiger partial charge in [-0.05, 0) is 43.7 Å². The fraction of sp³-hybridized carbons (Fsp3) is 0.417. The van der Waals surface area contributed by atoms with Gasteiger partial charge in [-0.15, -0.1) is 0 Å². The molecule has 0 bridgehead atoms. The number of piperidine rings is 1. The number of aryl methyl sites for hydroxylation is 2. The maximum absolute atomic E-state index is 13.4. The summed E-state index contributed by atoms with van der Waals surface area (Å²) in [6.45, 7) is 2.15. The predicted molar refractivity (Wildman–Crippen MR) is 118 cm³/mol. The Balaban J connectivity index is 1.38. The highest BCUT2D eigenvalue weighted by Crippen LogP contribution is 2.38. The highest BCUT2D eigenvalue weighted by molar-refractivity contribution is 6.01. The van der Waals surface area contributed by atoms with Gasteiger partial charge in [0.1, 0.15) is 11.1 Å². The fourth-order valence-corrected chi connectivity index (χ4v) is 5.11. The van der Waals surface area contributed by atoms with Gasteiger partial charge in [0.25, 0.3) is 5.91 Å². The van der Waals surface area contributed by atoms with E-state index in [4.69, 9.17) is 0 Å². The Morgan fingerprint density at radius 1 is 1.10 bits per heavy atom. The van der Waals surface area contributed by atoms with Crippen LogP contribution in [0, 0.1) is 0 Å². The van der Waals surface area contributed by atoms with E-state index in [9.17, 15) is 9.59 Å². The number of pyridine rings is 1. The molecule has 2 fully saturated rings. The van der Waals surface area contributed by atoms with E-state index in [2.05, 4.69) is 22.1 Å². The maximum atomic E-state index is 13.4. The van der Waals surface area contributed by atoms with Crippen LogP contribution in [0.15, 0.2) is 48.9 Å². The molecule has 2 aliphatic rings. The Hall–Kier alpha value is -3.22. The summed E-state index contributed by atoms with van der Waals surface area (Å²) >= 11 is 0. The number of fused-ring (bicyclic) bond motifs is 1. The van der Waals surface area contributed by atoms with Crippen molar-refractivity contribution in [1.82, 2.24) is 24.3 Å². The lowest BCUT2D eigenvalue weighted by atomic mass is 9.85. The van der Waals surface area contributed by atoms with Crippen molar-refractivity contribution in [3.63, 3.8) is 0 Å². The minimum Gasteiger partial charge on any atom is -0.344 e. The van der Waals surface area contributed by atoms with Crippen molar-refractivity contribution in [2.45, 2.75) is 44.2 Å². The lowest BCUT2D eigenvalue weighted by Gasteiger charge is -2.43. The number of hydrogen-bond donors (Lipinski definition) is 0. The molecule has 0 radical (unpaired) electrons. The number of hydrogen-bond acceptors (Lipinski definition) is 4. The van der Waals surface area contributed by atoms with Gasteiger partial charge in [0.2, 0.25) is 5.91 Å². The van der Waals surface area contributed by atoms with Gasteiger partial charge < -0.3 is 14.4 Å². The number of rotatable bonds is 4. The molecule has 1 atom stereocenters. The minimum atomic E-state index is -0.686. The number of benzene rings is 1. The monoisotopic (exact) mass is 417 g/mol. The molecule has 1 aromatic carbocycles. The molecule has 2 aliphatic heterocycles. The third-order valence-corrected chi connectivity index (χ3v) is 6.75. The van der Waals surface area contributed by atoms with Crippen LogP contribution < -0.4 is 0 Å². The Labute approximate surface area is 181 Å². The normalized spacial score (nSPS) is 21.4. The zero-order valence-corrected chi connectivity index (χ0v) is 17.8. The maximum Gasteiger partial charge on any atom is 0.256 e. The summed E-state index contributed by atoms with van der Waals surface area (Å²) in [5, 5.41) is 0. The highest BCUT2D eigenvalue weighted by Gasteiger charge is 2.52. The first-order valence-electron chi connectivity index (χ1n) is 11.0. The van der Waals surface area contributed by atoms with Gasteiger partial charge in [-0.2, -0.15) is 0 Å². The second-order valence-corrected chi connectivity index (χ2v) is 8.66. The minimum absolute atomic E-state index is 0.0730. The van der Waals surface area contributed by atoms with E-state index in [1.165, 1.54) is 5.56 Å². The molecule has 2 aromatic heterocycles. The first kappa shape index (κ1) is 19.7.